The first-order chi connectivity index (χ1) is 19.0. The van der Waals surface area contributed by atoms with Gasteiger partial charge in [-0.25, -0.2) is 14.8 Å². The third-order valence-corrected chi connectivity index (χ3v) is 5.97. The van der Waals surface area contributed by atoms with Crippen LogP contribution in [-0.4, -0.2) is 58.9 Å². The Morgan fingerprint density at radius 3 is 2.42 bits per heavy atom. The van der Waals surface area contributed by atoms with Gasteiger partial charge in [-0.3, -0.25) is 4.79 Å². The number of halogens is 3. The van der Waals surface area contributed by atoms with Gasteiger partial charge in [0.15, 0.2) is 0 Å². The fourth-order valence-electron chi connectivity index (χ4n) is 4.09. The summed E-state index contributed by atoms with van der Waals surface area (Å²) >= 11 is 0. The number of hydrogen-bond donors (Lipinski definition) is 3. The summed E-state index contributed by atoms with van der Waals surface area (Å²) in [6, 6.07) is 16.4. The molecule has 0 spiro atoms. The maximum atomic E-state index is 12.8. The summed E-state index contributed by atoms with van der Waals surface area (Å²) in [6.45, 7) is 0.712. The zero-order valence-electron chi connectivity index (χ0n) is 21.6. The molecule has 0 aliphatic rings. The van der Waals surface area contributed by atoms with E-state index in [1.165, 1.54) is 24.5 Å². The molecule has 0 saturated heterocycles. The van der Waals surface area contributed by atoms with E-state index in [9.17, 15) is 27.9 Å². The van der Waals surface area contributed by atoms with Gasteiger partial charge in [-0.15, -0.1) is 13.2 Å². The molecule has 0 aliphatic carbocycles. The number of rotatable bonds is 10. The van der Waals surface area contributed by atoms with Crippen LogP contribution < -0.4 is 15.4 Å². The minimum Gasteiger partial charge on any atom is -0.478 e. The third-order valence-electron chi connectivity index (χ3n) is 5.97. The fourth-order valence-corrected chi connectivity index (χ4v) is 4.09. The smallest absolute Gasteiger partial charge is 0.478 e. The Balaban J connectivity index is 1.57. The SMILES string of the molecule is CN(C)CCC(Nc1ncnc2c(C(=O)O)cccc12)c1cccc(NC(=O)c2ccc(OC(F)(F)F)cc2)c1. The van der Waals surface area contributed by atoms with Crippen molar-refractivity contribution >= 4 is 34.3 Å². The van der Waals surface area contributed by atoms with E-state index in [4.69, 9.17) is 0 Å². The van der Waals surface area contributed by atoms with Gasteiger partial charge in [0.2, 0.25) is 0 Å². The molecule has 3 aromatic carbocycles. The van der Waals surface area contributed by atoms with E-state index < -0.39 is 24.0 Å². The van der Waals surface area contributed by atoms with Crippen LogP contribution in [0.25, 0.3) is 10.9 Å². The quantitative estimate of drug-likeness (QED) is 0.233. The molecule has 1 amide bonds. The number of amides is 1. The van der Waals surface area contributed by atoms with E-state index in [1.54, 1.807) is 30.3 Å². The van der Waals surface area contributed by atoms with Crippen molar-refractivity contribution in [1.29, 1.82) is 0 Å². The number of nitrogens with zero attached hydrogens (tertiary/aromatic N) is 3. The average molecular weight is 554 g/mol. The molecule has 0 fully saturated rings. The molecule has 40 heavy (non-hydrogen) atoms. The number of para-hydroxylation sites is 1. The highest BCUT2D eigenvalue weighted by Gasteiger charge is 2.31. The van der Waals surface area contributed by atoms with Crippen LogP contribution in [0, 0.1) is 0 Å². The highest BCUT2D eigenvalue weighted by atomic mass is 19.4. The number of carbonyl (C=O) groups is 2. The Morgan fingerprint density at radius 2 is 1.75 bits per heavy atom. The van der Waals surface area contributed by atoms with Gasteiger partial charge in [0.05, 0.1) is 17.1 Å². The first-order valence-corrected chi connectivity index (χ1v) is 12.2. The molecule has 0 radical (unpaired) electrons. The van der Waals surface area contributed by atoms with E-state index >= 15 is 0 Å². The van der Waals surface area contributed by atoms with Crippen molar-refractivity contribution in [3.8, 4) is 5.75 Å². The Bertz CT molecular complexity index is 1510. The largest absolute Gasteiger partial charge is 0.573 e. The van der Waals surface area contributed by atoms with Crippen LogP contribution in [0.5, 0.6) is 5.75 Å². The maximum Gasteiger partial charge on any atom is 0.573 e. The summed E-state index contributed by atoms with van der Waals surface area (Å²) in [5.41, 5.74) is 1.84. The number of fused-ring (bicyclic) bond motifs is 1. The summed E-state index contributed by atoms with van der Waals surface area (Å²) in [6.07, 6.45) is -2.87. The number of ether oxygens (including phenoxy) is 1. The van der Waals surface area contributed by atoms with Crippen molar-refractivity contribution in [2.45, 2.75) is 18.8 Å². The van der Waals surface area contributed by atoms with Gasteiger partial charge >= 0.3 is 12.3 Å². The van der Waals surface area contributed by atoms with Crippen molar-refractivity contribution in [3.63, 3.8) is 0 Å². The van der Waals surface area contributed by atoms with Crippen molar-refractivity contribution in [3.05, 3.63) is 89.7 Å². The Morgan fingerprint density at radius 1 is 1.02 bits per heavy atom. The number of alkyl halides is 3. The maximum absolute atomic E-state index is 12.8. The Kier molecular flexibility index (Phi) is 8.49. The molecular weight excluding hydrogens is 527 g/mol. The number of aromatic carboxylic acids is 1. The zero-order valence-corrected chi connectivity index (χ0v) is 21.6. The molecule has 3 N–H and O–H groups in total. The highest BCUT2D eigenvalue weighted by molar-refractivity contribution is 6.05. The minimum atomic E-state index is -4.82. The molecule has 0 saturated carbocycles. The number of carboxylic acids is 1. The van der Waals surface area contributed by atoms with Crippen LogP contribution in [0.1, 0.15) is 38.7 Å². The predicted octanol–water partition coefficient (Wildman–Crippen LogP) is 5.58. The molecule has 1 aromatic heterocycles. The third kappa shape index (κ3) is 7.23. The first kappa shape index (κ1) is 28.3. The molecule has 208 valence electrons. The molecule has 4 rings (SSSR count). The first-order valence-electron chi connectivity index (χ1n) is 12.2. The second-order valence-electron chi connectivity index (χ2n) is 9.17. The molecule has 9 nitrogen and oxygen atoms in total. The van der Waals surface area contributed by atoms with E-state index in [0.717, 1.165) is 17.7 Å². The van der Waals surface area contributed by atoms with Crippen LogP contribution in [0.2, 0.25) is 0 Å². The van der Waals surface area contributed by atoms with Gasteiger partial charge in [-0.05, 0) is 81.2 Å². The molecule has 0 aliphatic heterocycles. The lowest BCUT2D eigenvalue weighted by atomic mass is 10.0. The average Bonchev–Trinajstić information content (AvgIpc) is 2.90. The normalized spacial score (nSPS) is 12.2. The van der Waals surface area contributed by atoms with Crippen LogP contribution >= 0.6 is 0 Å². The van der Waals surface area contributed by atoms with Gasteiger partial charge in [-0.1, -0.05) is 18.2 Å². The lowest BCUT2D eigenvalue weighted by molar-refractivity contribution is -0.274. The highest BCUT2D eigenvalue weighted by Crippen LogP contribution is 2.29. The molecule has 1 heterocycles. The van der Waals surface area contributed by atoms with Gasteiger partial charge in [-0.2, -0.15) is 0 Å². The molecule has 12 heteroatoms. The number of carboxylic acid groups (broad SMARTS) is 1. The summed E-state index contributed by atoms with van der Waals surface area (Å²) in [4.78, 5) is 35.0. The fraction of sp³-hybridized carbons (Fsp3) is 0.214. The second-order valence-corrected chi connectivity index (χ2v) is 9.17. The summed E-state index contributed by atoms with van der Waals surface area (Å²) < 4.78 is 41.1. The topological polar surface area (TPSA) is 117 Å². The van der Waals surface area contributed by atoms with Crippen molar-refractivity contribution < 1.29 is 32.6 Å². The number of aromatic nitrogens is 2. The summed E-state index contributed by atoms with van der Waals surface area (Å²) in [5, 5.41) is 16.3. The van der Waals surface area contributed by atoms with Gasteiger partial charge < -0.3 is 25.4 Å². The number of nitrogens with one attached hydrogen (secondary N) is 2. The van der Waals surface area contributed by atoms with E-state index in [1.807, 2.05) is 25.1 Å². The monoisotopic (exact) mass is 553 g/mol. The lowest BCUT2D eigenvalue weighted by Crippen LogP contribution is -2.21. The molecule has 1 atom stereocenters. The minimum absolute atomic E-state index is 0.0653. The van der Waals surface area contributed by atoms with Gasteiger partial charge in [0.1, 0.15) is 17.9 Å². The predicted molar refractivity (Wildman–Crippen MR) is 144 cm³/mol. The van der Waals surface area contributed by atoms with Crippen LogP contribution in [0.4, 0.5) is 24.7 Å². The molecule has 1 unspecified atom stereocenters. The van der Waals surface area contributed by atoms with Gasteiger partial charge in [0.25, 0.3) is 5.91 Å². The van der Waals surface area contributed by atoms with E-state index in [2.05, 4.69) is 25.3 Å². The van der Waals surface area contributed by atoms with Crippen molar-refractivity contribution in [2.24, 2.45) is 0 Å². The lowest BCUT2D eigenvalue weighted by Gasteiger charge is -2.23. The zero-order chi connectivity index (χ0) is 28.9. The number of hydrogen-bond acceptors (Lipinski definition) is 7. The summed E-state index contributed by atoms with van der Waals surface area (Å²) in [7, 11) is 3.88. The van der Waals surface area contributed by atoms with Crippen LogP contribution in [0.15, 0.2) is 73.1 Å². The number of carbonyl (C=O) groups excluding carboxylic acids is 1. The van der Waals surface area contributed by atoms with Crippen molar-refractivity contribution in [1.82, 2.24) is 14.9 Å². The molecule has 0 bridgehead atoms. The summed E-state index contributed by atoms with van der Waals surface area (Å²) in [5.74, 6) is -1.55. The van der Waals surface area contributed by atoms with Crippen LogP contribution in [-0.2, 0) is 0 Å². The van der Waals surface area contributed by atoms with E-state index in [-0.39, 0.29) is 17.2 Å². The number of anilines is 2. The molecule has 4 aromatic rings. The second kappa shape index (κ2) is 12.0. The number of benzene rings is 3. The van der Waals surface area contributed by atoms with E-state index in [0.29, 0.717) is 35.4 Å². The molecular formula is C28H26F3N5O4. The van der Waals surface area contributed by atoms with Crippen molar-refractivity contribution in [2.75, 3.05) is 31.3 Å². The standard InChI is InChI=1S/C28H26F3N5O4/c1-36(2)14-13-23(35-25-21-7-4-8-22(27(38)39)24(21)32-16-33-25)18-5-3-6-19(15-18)34-26(37)17-9-11-20(12-10-17)40-28(29,30)31/h3-12,15-16,23H,13-14H2,1-2H3,(H,34,37)(H,38,39)(H,32,33,35). The van der Waals surface area contributed by atoms with Gasteiger partial charge in [0, 0.05) is 16.6 Å². The van der Waals surface area contributed by atoms with Crippen LogP contribution in [0.3, 0.4) is 0 Å². The Hall–Kier alpha value is -4.71. The Labute approximate surface area is 227 Å².